The smallest absolute Gasteiger partial charge is 0.290 e. The predicted octanol–water partition coefficient (Wildman–Crippen LogP) is -0.0166. The maximum Gasteiger partial charge on any atom is 0.290 e. The molecule has 0 bridgehead atoms. The number of carbonyl (C=O) groups is 2. The van der Waals surface area contributed by atoms with Crippen LogP contribution in [0.4, 0.5) is 5.82 Å². The van der Waals surface area contributed by atoms with E-state index in [0.717, 1.165) is 29.9 Å². The van der Waals surface area contributed by atoms with E-state index in [2.05, 4.69) is 25.2 Å². The van der Waals surface area contributed by atoms with Crippen molar-refractivity contribution in [2.75, 3.05) is 18.0 Å². The van der Waals surface area contributed by atoms with Gasteiger partial charge in [0.1, 0.15) is 17.8 Å². The van der Waals surface area contributed by atoms with Crippen LogP contribution in [0, 0.1) is 5.92 Å². The van der Waals surface area contributed by atoms with Gasteiger partial charge in [-0.2, -0.15) is 0 Å². The van der Waals surface area contributed by atoms with Crippen molar-refractivity contribution < 1.29 is 14.7 Å². The van der Waals surface area contributed by atoms with Crippen molar-refractivity contribution in [1.82, 2.24) is 20.3 Å². The van der Waals surface area contributed by atoms with Crippen LogP contribution in [0.25, 0.3) is 11.0 Å². The van der Waals surface area contributed by atoms with Crippen molar-refractivity contribution in [2.24, 2.45) is 5.92 Å². The molecule has 2 fully saturated rings. The zero-order valence-corrected chi connectivity index (χ0v) is 11.2. The van der Waals surface area contributed by atoms with Crippen LogP contribution in [0.15, 0.2) is 18.6 Å². The molecule has 4 heterocycles. The summed E-state index contributed by atoms with van der Waals surface area (Å²) in [6.45, 7) is 1.48. The van der Waals surface area contributed by atoms with Gasteiger partial charge in [0.25, 0.3) is 6.47 Å². The van der Waals surface area contributed by atoms with Crippen molar-refractivity contribution in [3.05, 3.63) is 18.6 Å². The van der Waals surface area contributed by atoms with Gasteiger partial charge in [0.2, 0.25) is 5.91 Å². The summed E-state index contributed by atoms with van der Waals surface area (Å²) in [5.41, 5.74) is 0.862. The Hall–Kier alpha value is -2.64. The second kappa shape index (κ2) is 5.39. The van der Waals surface area contributed by atoms with Gasteiger partial charge in [-0.1, -0.05) is 0 Å². The molecule has 8 heteroatoms. The average molecular weight is 289 g/mol. The normalized spacial score (nSPS) is 23.4. The number of aromatic nitrogens is 3. The van der Waals surface area contributed by atoms with Crippen LogP contribution in [-0.2, 0) is 9.59 Å². The Morgan fingerprint density at radius 1 is 1.38 bits per heavy atom. The van der Waals surface area contributed by atoms with Crippen LogP contribution in [0.3, 0.4) is 0 Å². The molecule has 2 aromatic rings. The van der Waals surface area contributed by atoms with E-state index < -0.39 is 0 Å². The molecular formula is C13H15N5O3. The second-order valence-electron chi connectivity index (χ2n) is 5.09. The molecule has 4 rings (SSSR count). The number of hydrogen-bond donors (Lipinski definition) is 3. The van der Waals surface area contributed by atoms with Crippen LogP contribution in [0.5, 0.6) is 0 Å². The number of hydrogen-bond acceptors (Lipinski definition) is 5. The van der Waals surface area contributed by atoms with Gasteiger partial charge in [0.05, 0.1) is 11.4 Å². The van der Waals surface area contributed by atoms with Gasteiger partial charge in [0, 0.05) is 31.6 Å². The number of nitrogens with zero attached hydrogens (tertiary/aromatic N) is 3. The topological polar surface area (TPSA) is 111 Å². The summed E-state index contributed by atoms with van der Waals surface area (Å²) in [6.07, 6.45) is 4.10. The highest BCUT2D eigenvalue weighted by molar-refractivity contribution is 5.88. The number of amides is 1. The summed E-state index contributed by atoms with van der Waals surface area (Å²) >= 11 is 0. The molecule has 0 aliphatic carbocycles. The number of fused-ring (bicyclic) bond motifs is 2. The predicted molar refractivity (Wildman–Crippen MR) is 74.8 cm³/mol. The van der Waals surface area contributed by atoms with Gasteiger partial charge < -0.3 is 20.3 Å². The fourth-order valence-electron chi connectivity index (χ4n) is 3.03. The number of H-pyrrole nitrogens is 1. The summed E-state index contributed by atoms with van der Waals surface area (Å²) in [5.74, 6) is 1.56. The molecule has 0 spiro atoms. The molecule has 0 saturated carbocycles. The Morgan fingerprint density at radius 2 is 2.19 bits per heavy atom. The van der Waals surface area contributed by atoms with Gasteiger partial charge in [-0.25, -0.2) is 9.97 Å². The maximum absolute atomic E-state index is 11.3. The van der Waals surface area contributed by atoms with Gasteiger partial charge in [-0.15, -0.1) is 0 Å². The first-order chi connectivity index (χ1) is 10.2. The molecule has 8 nitrogen and oxygen atoms in total. The highest BCUT2D eigenvalue weighted by Gasteiger charge is 2.40. The lowest BCUT2D eigenvalue weighted by Gasteiger charge is -2.18. The minimum atomic E-state index is -0.250. The fourth-order valence-corrected chi connectivity index (χ4v) is 3.03. The Labute approximate surface area is 120 Å². The molecule has 2 aromatic heterocycles. The first kappa shape index (κ1) is 13.3. The fraction of sp³-hybridized carbons (Fsp3) is 0.385. The highest BCUT2D eigenvalue weighted by Crippen LogP contribution is 2.31. The summed E-state index contributed by atoms with van der Waals surface area (Å²) in [7, 11) is 0. The first-order valence-corrected chi connectivity index (χ1v) is 6.63. The lowest BCUT2D eigenvalue weighted by atomic mass is 10.1. The molecule has 2 aliphatic heterocycles. The molecular weight excluding hydrogens is 274 g/mol. The van der Waals surface area contributed by atoms with E-state index in [0.29, 0.717) is 12.3 Å². The molecule has 21 heavy (non-hydrogen) atoms. The summed E-state index contributed by atoms with van der Waals surface area (Å²) in [5, 5.41) is 11.0. The van der Waals surface area contributed by atoms with Crippen LogP contribution < -0.4 is 10.2 Å². The molecule has 2 atom stereocenters. The Bertz CT molecular complexity index is 655. The van der Waals surface area contributed by atoms with Gasteiger partial charge in [-0.3, -0.25) is 9.59 Å². The number of anilines is 1. The third-order valence-corrected chi connectivity index (χ3v) is 3.87. The Morgan fingerprint density at radius 3 is 2.95 bits per heavy atom. The summed E-state index contributed by atoms with van der Waals surface area (Å²) in [4.78, 5) is 33.6. The molecule has 0 radical (unpaired) electrons. The average Bonchev–Trinajstić information content (AvgIpc) is 3.12. The highest BCUT2D eigenvalue weighted by atomic mass is 16.3. The number of rotatable bonds is 1. The lowest BCUT2D eigenvalue weighted by Crippen LogP contribution is -2.32. The zero-order chi connectivity index (χ0) is 14.8. The quantitative estimate of drug-likeness (QED) is 0.636. The van der Waals surface area contributed by atoms with Crippen molar-refractivity contribution in [1.29, 1.82) is 0 Å². The van der Waals surface area contributed by atoms with Crippen molar-refractivity contribution in [3.8, 4) is 0 Å². The third-order valence-electron chi connectivity index (χ3n) is 3.87. The van der Waals surface area contributed by atoms with E-state index in [9.17, 15) is 4.79 Å². The molecule has 0 aromatic carbocycles. The van der Waals surface area contributed by atoms with Gasteiger partial charge in [-0.05, 0) is 6.07 Å². The minimum absolute atomic E-state index is 0.180. The van der Waals surface area contributed by atoms with E-state index in [4.69, 9.17) is 9.90 Å². The molecule has 2 saturated heterocycles. The number of carboxylic acid groups (broad SMARTS) is 1. The summed E-state index contributed by atoms with van der Waals surface area (Å²) < 4.78 is 0. The van der Waals surface area contributed by atoms with E-state index in [1.807, 2.05) is 12.3 Å². The number of carbonyl (C=O) groups excluding carboxylic acids is 1. The zero-order valence-electron chi connectivity index (χ0n) is 11.2. The van der Waals surface area contributed by atoms with Crippen molar-refractivity contribution in [2.45, 2.75) is 12.5 Å². The van der Waals surface area contributed by atoms with Crippen LogP contribution in [0.2, 0.25) is 0 Å². The SMILES string of the molecule is O=C1C[C@H]2CN(c3ncnc4[nH]ccc34)C[C@H]2N1.O=CO. The van der Waals surface area contributed by atoms with Gasteiger partial charge in [0.15, 0.2) is 0 Å². The Kier molecular flexibility index (Phi) is 3.43. The van der Waals surface area contributed by atoms with Crippen molar-refractivity contribution in [3.63, 3.8) is 0 Å². The number of nitrogens with one attached hydrogen (secondary N) is 2. The lowest BCUT2D eigenvalue weighted by molar-refractivity contribution is -0.123. The second-order valence-corrected chi connectivity index (χ2v) is 5.09. The molecule has 110 valence electrons. The maximum atomic E-state index is 11.3. The molecule has 3 N–H and O–H groups in total. The third kappa shape index (κ3) is 2.39. The largest absolute Gasteiger partial charge is 0.483 e. The number of aromatic amines is 1. The van der Waals surface area contributed by atoms with Crippen LogP contribution >= 0.6 is 0 Å². The van der Waals surface area contributed by atoms with E-state index >= 15 is 0 Å². The Balaban J connectivity index is 0.000000409. The molecule has 0 unspecified atom stereocenters. The van der Waals surface area contributed by atoms with Crippen molar-refractivity contribution >= 4 is 29.2 Å². The first-order valence-electron chi connectivity index (χ1n) is 6.63. The van der Waals surface area contributed by atoms with Crippen LogP contribution in [-0.4, -0.2) is 51.6 Å². The monoisotopic (exact) mass is 289 g/mol. The minimum Gasteiger partial charge on any atom is -0.483 e. The van der Waals surface area contributed by atoms with E-state index in [-0.39, 0.29) is 18.4 Å². The van der Waals surface area contributed by atoms with Gasteiger partial charge >= 0.3 is 0 Å². The van der Waals surface area contributed by atoms with E-state index in [1.165, 1.54) is 0 Å². The summed E-state index contributed by atoms with van der Waals surface area (Å²) in [6, 6.07) is 2.28. The molecule has 2 aliphatic rings. The van der Waals surface area contributed by atoms with Crippen LogP contribution in [0.1, 0.15) is 6.42 Å². The molecule has 1 amide bonds. The van der Waals surface area contributed by atoms with E-state index in [1.54, 1.807) is 6.33 Å². The standard InChI is InChI=1S/C12H13N5O.CH2O2/c18-10-3-7-4-17(5-9(7)16-10)12-8-1-2-13-11(8)14-6-15-12;2-1-3/h1-2,6-7,9H,3-5H2,(H,16,18)(H,13,14,15);1H,(H,2,3)/t7-,9+;/m0./s1.